The zero-order chi connectivity index (χ0) is 12.6. The molecule has 5 bridgehead atoms. The van der Waals surface area contributed by atoms with Crippen molar-refractivity contribution in [2.75, 3.05) is 0 Å². The predicted octanol–water partition coefficient (Wildman–Crippen LogP) is 3.00. The van der Waals surface area contributed by atoms with Gasteiger partial charge in [0.1, 0.15) is 5.60 Å². The van der Waals surface area contributed by atoms with E-state index in [0.717, 1.165) is 41.4 Å². The lowest BCUT2D eigenvalue weighted by atomic mass is 9.60. The molecule has 0 N–H and O–H groups in total. The summed E-state index contributed by atoms with van der Waals surface area (Å²) in [6.45, 7) is 0. The molecular weight excluding hydrogens is 248 g/mol. The molecule has 2 heterocycles. The van der Waals surface area contributed by atoms with Crippen LogP contribution in [0.1, 0.15) is 44.9 Å². The van der Waals surface area contributed by atoms with Crippen LogP contribution in [0.15, 0.2) is 0 Å². The molecule has 0 aromatic rings. The van der Waals surface area contributed by atoms with Gasteiger partial charge in [-0.15, -0.1) is 0 Å². The standard InChI is InChI=1S/C18H24O2/c1-8-3-12-7-16-18-13(17(12)18)4-9(8)2-11-6-15(20-18)14(19-16)5-10(1)11/h8-17H,1-7H2. The summed E-state index contributed by atoms with van der Waals surface area (Å²) in [5, 5.41) is 0. The molecule has 11 atom stereocenters. The van der Waals surface area contributed by atoms with Gasteiger partial charge in [-0.25, -0.2) is 0 Å². The normalized spacial score (nSPS) is 74.4. The summed E-state index contributed by atoms with van der Waals surface area (Å²) >= 11 is 0. The molecule has 2 nitrogen and oxygen atoms in total. The monoisotopic (exact) mass is 272 g/mol. The van der Waals surface area contributed by atoms with Gasteiger partial charge in [-0.05, 0) is 86.4 Å². The maximum atomic E-state index is 6.88. The lowest BCUT2D eigenvalue weighted by Crippen LogP contribution is -2.55. The Morgan fingerprint density at radius 3 is 2.25 bits per heavy atom. The first-order valence-electron chi connectivity index (χ1n) is 9.16. The third kappa shape index (κ3) is 0.965. The van der Waals surface area contributed by atoms with Crippen molar-refractivity contribution in [2.24, 2.45) is 41.4 Å². The summed E-state index contributed by atoms with van der Waals surface area (Å²) in [5.74, 6) is 6.80. The number of rotatable bonds is 0. The van der Waals surface area contributed by atoms with E-state index in [4.69, 9.17) is 9.47 Å². The molecule has 5 saturated carbocycles. The van der Waals surface area contributed by atoms with Crippen LogP contribution in [0.4, 0.5) is 0 Å². The second-order valence-electron chi connectivity index (χ2n) is 9.26. The molecular formula is C18H24O2. The maximum absolute atomic E-state index is 6.88. The van der Waals surface area contributed by atoms with E-state index in [1.807, 2.05) is 0 Å². The van der Waals surface area contributed by atoms with Gasteiger partial charge < -0.3 is 9.47 Å². The summed E-state index contributed by atoms with van der Waals surface area (Å²) in [6.07, 6.45) is 11.5. The highest BCUT2D eigenvalue weighted by Gasteiger charge is 2.80. The summed E-state index contributed by atoms with van der Waals surface area (Å²) in [7, 11) is 0. The molecule has 108 valence electrons. The van der Waals surface area contributed by atoms with E-state index >= 15 is 0 Å². The zero-order valence-electron chi connectivity index (χ0n) is 12.0. The highest BCUT2D eigenvalue weighted by molar-refractivity contribution is 5.28. The van der Waals surface area contributed by atoms with Gasteiger partial charge in [-0.2, -0.15) is 0 Å². The maximum Gasteiger partial charge on any atom is 0.101 e. The molecule has 0 aromatic heterocycles. The highest BCUT2D eigenvalue weighted by Crippen LogP contribution is 2.75. The minimum atomic E-state index is 0.223. The van der Waals surface area contributed by atoms with Crippen molar-refractivity contribution in [3.8, 4) is 0 Å². The van der Waals surface area contributed by atoms with Crippen molar-refractivity contribution in [2.45, 2.75) is 68.9 Å². The van der Waals surface area contributed by atoms with Crippen LogP contribution in [0, 0.1) is 41.4 Å². The Bertz CT molecular complexity index is 496. The Morgan fingerprint density at radius 1 is 0.650 bits per heavy atom. The van der Waals surface area contributed by atoms with Gasteiger partial charge in [0.15, 0.2) is 0 Å². The molecule has 11 unspecified atom stereocenters. The molecule has 5 aliphatic carbocycles. The van der Waals surface area contributed by atoms with Crippen LogP contribution >= 0.6 is 0 Å². The van der Waals surface area contributed by atoms with Gasteiger partial charge in [-0.1, -0.05) is 0 Å². The van der Waals surface area contributed by atoms with E-state index in [-0.39, 0.29) is 5.60 Å². The fourth-order valence-electron chi connectivity index (χ4n) is 8.28. The fraction of sp³-hybridized carbons (Fsp3) is 1.00. The van der Waals surface area contributed by atoms with Crippen molar-refractivity contribution >= 4 is 0 Å². The second kappa shape index (κ2) is 3.01. The van der Waals surface area contributed by atoms with Crippen LogP contribution in [-0.2, 0) is 9.47 Å². The van der Waals surface area contributed by atoms with Crippen molar-refractivity contribution in [1.29, 1.82) is 0 Å². The van der Waals surface area contributed by atoms with Crippen LogP contribution < -0.4 is 0 Å². The first-order valence-corrected chi connectivity index (χ1v) is 9.16. The fourth-order valence-corrected chi connectivity index (χ4v) is 8.28. The topological polar surface area (TPSA) is 18.5 Å². The lowest BCUT2D eigenvalue weighted by Gasteiger charge is -2.51. The third-order valence-electron chi connectivity index (χ3n) is 8.84. The van der Waals surface area contributed by atoms with Gasteiger partial charge in [-0.3, -0.25) is 0 Å². The minimum Gasteiger partial charge on any atom is -0.369 e. The molecule has 2 saturated heterocycles. The Kier molecular flexibility index (Phi) is 1.60. The van der Waals surface area contributed by atoms with E-state index in [1.54, 1.807) is 6.42 Å². The Labute approximate surface area is 120 Å². The quantitative estimate of drug-likeness (QED) is 0.675. The highest BCUT2D eigenvalue weighted by atomic mass is 16.6. The molecule has 7 rings (SSSR count). The van der Waals surface area contributed by atoms with Crippen molar-refractivity contribution in [3.63, 3.8) is 0 Å². The van der Waals surface area contributed by atoms with E-state index in [2.05, 4.69) is 0 Å². The van der Waals surface area contributed by atoms with Gasteiger partial charge in [0.05, 0.1) is 18.3 Å². The zero-order valence-corrected chi connectivity index (χ0v) is 12.0. The Balaban J connectivity index is 1.47. The molecule has 0 radical (unpaired) electrons. The third-order valence-corrected chi connectivity index (χ3v) is 8.84. The van der Waals surface area contributed by atoms with Gasteiger partial charge in [0, 0.05) is 0 Å². The number of hydrogen-bond acceptors (Lipinski definition) is 2. The SMILES string of the molecule is C1C2CC3CC4OC5CC1C1CC2CC2C3C42OC5C1. The van der Waals surface area contributed by atoms with E-state index in [0.29, 0.717) is 18.3 Å². The van der Waals surface area contributed by atoms with Crippen molar-refractivity contribution in [3.05, 3.63) is 0 Å². The lowest BCUT2D eigenvalue weighted by molar-refractivity contribution is -0.254. The van der Waals surface area contributed by atoms with Gasteiger partial charge in [0.25, 0.3) is 0 Å². The summed E-state index contributed by atoms with van der Waals surface area (Å²) < 4.78 is 13.6. The Hall–Kier alpha value is -0.0800. The average molecular weight is 272 g/mol. The second-order valence-corrected chi connectivity index (χ2v) is 9.26. The van der Waals surface area contributed by atoms with E-state index in [9.17, 15) is 0 Å². The van der Waals surface area contributed by atoms with Crippen LogP contribution in [-0.4, -0.2) is 23.9 Å². The Morgan fingerprint density at radius 2 is 1.35 bits per heavy atom. The van der Waals surface area contributed by atoms with E-state index in [1.165, 1.54) is 38.5 Å². The van der Waals surface area contributed by atoms with Crippen LogP contribution in [0.3, 0.4) is 0 Å². The smallest absolute Gasteiger partial charge is 0.101 e. The minimum absolute atomic E-state index is 0.223. The van der Waals surface area contributed by atoms with E-state index < -0.39 is 0 Å². The van der Waals surface area contributed by atoms with Crippen molar-refractivity contribution < 1.29 is 9.47 Å². The van der Waals surface area contributed by atoms with Crippen LogP contribution in [0.25, 0.3) is 0 Å². The number of ether oxygens (including phenoxy) is 2. The summed E-state index contributed by atoms with van der Waals surface area (Å²) in [5.41, 5.74) is 0.223. The molecule has 2 aliphatic heterocycles. The molecule has 2 heteroatoms. The van der Waals surface area contributed by atoms with Crippen LogP contribution in [0.5, 0.6) is 0 Å². The molecule has 20 heavy (non-hydrogen) atoms. The van der Waals surface area contributed by atoms with Gasteiger partial charge in [0.2, 0.25) is 0 Å². The molecule has 0 aromatic carbocycles. The number of hydrogen-bond donors (Lipinski definition) is 0. The molecule has 7 aliphatic rings. The first kappa shape index (κ1) is 10.6. The molecule has 0 amide bonds. The average Bonchev–Trinajstić information content (AvgIpc) is 2.96. The molecule has 7 fully saturated rings. The van der Waals surface area contributed by atoms with Crippen molar-refractivity contribution in [1.82, 2.24) is 0 Å². The molecule has 1 spiro atoms. The predicted molar refractivity (Wildman–Crippen MR) is 73.0 cm³/mol. The van der Waals surface area contributed by atoms with Gasteiger partial charge >= 0.3 is 0 Å². The first-order chi connectivity index (χ1) is 9.83. The summed E-state index contributed by atoms with van der Waals surface area (Å²) in [4.78, 5) is 0. The summed E-state index contributed by atoms with van der Waals surface area (Å²) in [6, 6.07) is 0. The largest absolute Gasteiger partial charge is 0.369 e. The van der Waals surface area contributed by atoms with Crippen LogP contribution in [0.2, 0.25) is 0 Å².